The Bertz CT molecular complexity index is 953. The second kappa shape index (κ2) is 10.4. The van der Waals surface area contributed by atoms with Crippen molar-refractivity contribution >= 4 is 46.2 Å². The van der Waals surface area contributed by atoms with Crippen molar-refractivity contribution in [3.05, 3.63) is 71.2 Å². The van der Waals surface area contributed by atoms with E-state index in [0.717, 1.165) is 11.3 Å². The van der Waals surface area contributed by atoms with Crippen LogP contribution in [0.25, 0.3) is 6.08 Å². The lowest BCUT2D eigenvalue weighted by Gasteiger charge is -2.28. The number of amides is 2. The van der Waals surface area contributed by atoms with Crippen LogP contribution in [0.2, 0.25) is 0 Å². The van der Waals surface area contributed by atoms with E-state index in [1.165, 1.54) is 16.7 Å². The van der Waals surface area contributed by atoms with Crippen LogP contribution in [0.5, 0.6) is 0 Å². The number of hydrogen-bond donors (Lipinski definition) is 2. The van der Waals surface area contributed by atoms with Gasteiger partial charge >= 0.3 is 0 Å². The zero-order valence-electron chi connectivity index (χ0n) is 16.9. The molecular weight excluding hydrogens is 416 g/mol. The van der Waals surface area contributed by atoms with E-state index in [9.17, 15) is 9.59 Å². The number of rotatable bonds is 8. The number of hydrogen-bond acceptors (Lipinski definition) is 5. The molecule has 1 aliphatic heterocycles. The summed E-state index contributed by atoms with van der Waals surface area (Å²) in [4.78, 5) is 34.8. The van der Waals surface area contributed by atoms with E-state index in [0.29, 0.717) is 22.2 Å². The molecule has 1 saturated heterocycles. The van der Waals surface area contributed by atoms with Crippen LogP contribution in [0.4, 0.5) is 0 Å². The molecule has 30 heavy (non-hydrogen) atoms. The maximum absolute atomic E-state index is 13.0. The van der Waals surface area contributed by atoms with E-state index in [4.69, 9.17) is 12.2 Å². The van der Waals surface area contributed by atoms with Gasteiger partial charge in [-0.2, -0.15) is 0 Å². The fourth-order valence-electron chi connectivity index (χ4n) is 3.11. The Labute approximate surface area is 185 Å². The molecule has 2 aromatic rings. The Balaban J connectivity index is 1.67. The smallest absolute Gasteiger partial charge is 0.266 e. The highest BCUT2D eigenvalue weighted by Gasteiger charge is 2.41. The Morgan fingerprint density at radius 3 is 2.77 bits per heavy atom. The van der Waals surface area contributed by atoms with E-state index < -0.39 is 6.04 Å². The number of aromatic nitrogens is 2. The molecule has 3 rings (SSSR count). The first-order valence-electron chi connectivity index (χ1n) is 9.71. The van der Waals surface area contributed by atoms with Crippen molar-refractivity contribution in [2.75, 3.05) is 6.54 Å². The summed E-state index contributed by atoms with van der Waals surface area (Å²) in [5, 5.41) is 2.92. The van der Waals surface area contributed by atoms with Gasteiger partial charge in [-0.25, -0.2) is 4.98 Å². The molecule has 1 aromatic heterocycles. The van der Waals surface area contributed by atoms with E-state index in [1.807, 2.05) is 56.3 Å². The zero-order chi connectivity index (χ0) is 21.5. The van der Waals surface area contributed by atoms with Crippen molar-refractivity contribution in [1.82, 2.24) is 20.2 Å². The molecule has 2 N–H and O–H groups in total. The summed E-state index contributed by atoms with van der Waals surface area (Å²) in [6.45, 7) is 4.28. The molecule has 1 aliphatic rings. The van der Waals surface area contributed by atoms with Gasteiger partial charge in [0.1, 0.15) is 10.4 Å². The minimum absolute atomic E-state index is 0.0844. The molecule has 1 unspecified atom stereocenters. The lowest BCUT2D eigenvalue weighted by atomic mass is 10.0. The predicted octanol–water partition coefficient (Wildman–Crippen LogP) is 3.55. The molecule has 2 heterocycles. The monoisotopic (exact) mass is 440 g/mol. The summed E-state index contributed by atoms with van der Waals surface area (Å²) in [5.74, 6) is -0.522. The van der Waals surface area contributed by atoms with Gasteiger partial charge in [-0.15, -0.1) is 0 Å². The molecule has 1 fully saturated rings. The maximum Gasteiger partial charge on any atom is 0.266 e. The first-order chi connectivity index (χ1) is 14.5. The average molecular weight is 441 g/mol. The number of aromatic amines is 1. The van der Waals surface area contributed by atoms with Crippen molar-refractivity contribution in [1.29, 1.82) is 0 Å². The number of carbonyl (C=O) groups is 2. The number of nitrogens with one attached hydrogen (secondary N) is 2. The summed E-state index contributed by atoms with van der Waals surface area (Å²) < 4.78 is 0.404. The summed E-state index contributed by atoms with van der Waals surface area (Å²) in [6.07, 6.45) is 9.47. The number of thioether (sulfide) groups is 1. The number of carbonyl (C=O) groups excluding carboxylic acids is 2. The van der Waals surface area contributed by atoms with Crippen LogP contribution in [0.1, 0.15) is 25.1 Å². The molecule has 1 aromatic carbocycles. The van der Waals surface area contributed by atoms with Crippen LogP contribution in [0.3, 0.4) is 0 Å². The third-order valence-corrected chi connectivity index (χ3v) is 5.93. The minimum Gasteiger partial charge on any atom is -0.354 e. The molecule has 8 heteroatoms. The summed E-state index contributed by atoms with van der Waals surface area (Å²) in [5.41, 5.74) is 1.98. The fraction of sp³-hybridized carbons (Fsp3) is 0.273. The molecule has 0 radical (unpaired) electrons. The van der Waals surface area contributed by atoms with Gasteiger partial charge in [0.15, 0.2) is 0 Å². The van der Waals surface area contributed by atoms with E-state index >= 15 is 0 Å². The van der Waals surface area contributed by atoms with Crippen LogP contribution in [0, 0.1) is 5.92 Å². The van der Waals surface area contributed by atoms with Crippen LogP contribution in [-0.4, -0.2) is 43.6 Å². The molecular formula is C22H24N4O2S2. The van der Waals surface area contributed by atoms with Gasteiger partial charge in [0.05, 0.1) is 11.2 Å². The molecule has 0 spiro atoms. The molecule has 0 saturated carbocycles. The van der Waals surface area contributed by atoms with Crippen molar-refractivity contribution in [2.45, 2.75) is 26.3 Å². The number of benzene rings is 1. The van der Waals surface area contributed by atoms with Crippen LogP contribution in [-0.2, 0) is 16.0 Å². The molecule has 0 bridgehead atoms. The Hall–Kier alpha value is -2.71. The number of allylic oxidation sites excluding steroid dienone is 2. The van der Waals surface area contributed by atoms with Crippen LogP contribution < -0.4 is 5.32 Å². The predicted molar refractivity (Wildman–Crippen MR) is 125 cm³/mol. The normalized spacial score (nSPS) is 16.8. The van der Waals surface area contributed by atoms with Crippen LogP contribution >= 0.6 is 24.0 Å². The second-order valence-corrected chi connectivity index (χ2v) is 8.83. The van der Waals surface area contributed by atoms with E-state index in [1.54, 1.807) is 18.6 Å². The Kier molecular flexibility index (Phi) is 7.59. The molecule has 0 aliphatic carbocycles. The van der Waals surface area contributed by atoms with Gasteiger partial charge in [0, 0.05) is 24.9 Å². The standard InChI is InChI=1S/C22H24N4O2S2/c1-15(2)19(20(27)24-12-11-17-13-23-14-25-17)26-21(28)18(30-22(26)29)10-6-9-16-7-4-3-5-8-16/h3-10,13-15,19H,11-12H2,1-2H3,(H,23,25)(H,24,27). The lowest BCUT2D eigenvalue weighted by Crippen LogP contribution is -2.51. The molecule has 156 valence electrons. The first kappa shape index (κ1) is 22.0. The third kappa shape index (κ3) is 5.46. The summed E-state index contributed by atoms with van der Waals surface area (Å²) in [6, 6.07) is 9.18. The van der Waals surface area contributed by atoms with Gasteiger partial charge < -0.3 is 10.3 Å². The maximum atomic E-state index is 13.0. The number of imidazole rings is 1. The third-order valence-electron chi connectivity index (χ3n) is 4.59. The minimum atomic E-state index is -0.650. The van der Waals surface area contributed by atoms with Gasteiger partial charge in [-0.3, -0.25) is 14.5 Å². The first-order valence-corrected chi connectivity index (χ1v) is 10.9. The Morgan fingerprint density at radius 1 is 1.33 bits per heavy atom. The second-order valence-electron chi connectivity index (χ2n) is 7.15. The van der Waals surface area contributed by atoms with Crippen molar-refractivity contribution < 1.29 is 9.59 Å². The Morgan fingerprint density at radius 2 is 2.10 bits per heavy atom. The molecule has 1 atom stereocenters. The summed E-state index contributed by atoms with van der Waals surface area (Å²) >= 11 is 6.67. The largest absolute Gasteiger partial charge is 0.354 e. The van der Waals surface area contributed by atoms with Gasteiger partial charge in [0.2, 0.25) is 5.91 Å². The van der Waals surface area contributed by atoms with Gasteiger partial charge in [0.25, 0.3) is 5.91 Å². The highest BCUT2D eigenvalue weighted by molar-refractivity contribution is 8.26. The quantitative estimate of drug-likeness (QED) is 0.485. The van der Waals surface area contributed by atoms with Gasteiger partial charge in [-0.05, 0) is 17.6 Å². The molecule has 6 nitrogen and oxygen atoms in total. The highest BCUT2D eigenvalue weighted by Crippen LogP contribution is 2.34. The number of H-pyrrole nitrogens is 1. The average Bonchev–Trinajstić information content (AvgIpc) is 3.33. The van der Waals surface area contributed by atoms with Crippen molar-refractivity contribution in [2.24, 2.45) is 5.92 Å². The van der Waals surface area contributed by atoms with Crippen LogP contribution in [0.15, 0.2) is 59.9 Å². The van der Waals surface area contributed by atoms with E-state index in [2.05, 4.69) is 15.3 Å². The summed E-state index contributed by atoms with van der Waals surface area (Å²) in [7, 11) is 0. The van der Waals surface area contributed by atoms with Crippen molar-refractivity contribution in [3.63, 3.8) is 0 Å². The number of thiocarbonyl (C=S) groups is 1. The fourth-order valence-corrected chi connectivity index (χ4v) is 4.39. The highest BCUT2D eigenvalue weighted by atomic mass is 32.2. The molecule has 2 amide bonds. The zero-order valence-corrected chi connectivity index (χ0v) is 18.5. The van der Waals surface area contributed by atoms with Crippen molar-refractivity contribution in [3.8, 4) is 0 Å². The lowest BCUT2D eigenvalue weighted by molar-refractivity contribution is -0.134. The number of nitrogens with zero attached hydrogens (tertiary/aromatic N) is 2. The topological polar surface area (TPSA) is 78.1 Å². The SMILES string of the molecule is CC(C)C(C(=O)NCCc1cnc[nH]1)N1C(=O)C(=CC=Cc2ccccc2)SC1=S. The van der Waals surface area contributed by atoms with Gasteiger partial charge in [-0.1, -0.05) is 80.3 Å². The van der Waals surface area contributed by atoms with E-state index in [-0.39, 0.29) is 17.7 Å².